The molecule has 1 aliphatic rings. The molecule has 1 aromatic carbocycles. The molecule has 5 heteroatoms. The smallest absolute Gasteiger partial charge is 0.127 e. The zero-order valence-corrected chi connectivity index (χ0v) is 12.2. The van der Waals surface area contributed by atoms with Crippen LogP contribution in [0.5, 0.6) is 5.75 Å². The lowest BCUT2D eigenvalue weighted by Gasteiger charge is -2.09. The number of nitrogens with zero attached hydrogens (tertiary/aromatic N) is 2. The summed E-state index contributed by atoms with van der Waals surface area (Å²) in [7, 11) is 0. The molecule has 0 saturated heterocycles. The van der Waals surface area contributed by atoms with Crippen LogP contribution in [0.4, 0.5) is 0 Å². The summed E-state index contributed by atoms with van der Waals surface area (Å²) in [5.41, 5.74) is 2.45. The lowest BCUT2D eigenvalue weighted by molar-refractivity contribution is 0.352. The number of fused-ring (bicyclic) bond motifs is 1. The van der Waals surface area contributed by atoms with E-state index in [4.69, 9.17) is 4.74 Å². The highest BCUT2D eigenvalue weighted by atomic mass is 79.9. The van der Waals surface area contributed by atoms with E-state index in [0.29, 0.717) is 0 Å². The van der Waals surface area contributed by atoms with E-state index in [1.807, 2.05) is 10.9 Å². The van der Waals surface area contributed by atoms with Crippen molar-refractivity contribution in [1.29, 1.82) is 0 Å². The van der Waals surface area contributed by atoms with Gasteiger partial charge in [-0.05, 0) is 33.6 Å². The van der Waals surface area contributed by atoms with Crippen LogP contribution < -0.4 is 4.74 Å². The van der Waals surface area contributed by atoms with Crippen molar-refractivity contribution in [3.05, 3.63) is 44.6 Å². The second-order valence-electron chi connectivity index (χ2n) is 4.01. The van der Waals surface area contributed by atoms with Crippen molar-refractivity contribution >= 4 is 31.9 Å². The molecule has 88 valence electrons. The first-order chi connectivity index (χ1) is 8.22. The highest BCUT2D eigenvalue weighted by molar-refractivity contribution is 9.10. The Labute approximate surface area is 116 Å². The quantitative estimate of drug-likeness (QED) is 0.823. The van der Waals surface area contributed by atoms with Gasteiger partial charge >= 0.3 is 0 Å². The fourth-order valence-corrected chi connectivity index (χ4v) is 2.94. The van der Waals surface area contributed by atoms with Crippen LogP contribution in [-0.2, 0) is 13.0 Å². The summed E-state index contributed by atoms with van der Waals surface area (Å²) in [5, 5.41) is 4.27. The van der Waals surface area contributed by atoms with E-state index in [1.165, 1.54) is 11.1 Å². The average Bonchev–Trinajstić information content (AvgIpc) is 2.87. The topological polar surface area (TPSA) is 27.1 Å². The molecule has 2 aromatic rings. The first-order valence-corrected chi connectivity index (χ1v) is 6.93. The summed E-state index contributed by atoms with van der Waals surface area (Å²) < 4.78 is 9.68. The summed E-state index contributed by atoms with van der Waals surface area (Å²) in [6, 6.07) is 4.23. The van der Waals surface area contributed by atoms with E-state index in [2.05, 4.69) is 49.1 Å². The van der Waals surface area contributed by atoms with Crippen molar-refractivity contribution in [2.24, 2.45) is 0 Å². The molecule has 2 heterocycles. The Morgan fingerprint density at radius 1 is 1.29 bits per heavy atom. The number of aromatic nitrogens is 2. The molecular formula is C12H10Br2N2O. The van der Waals surface area contributed by atoms with Gasteiger partial charge in [-0.1, -0.05) is 15.9 Å². The normalized spacial score (nSPS) is 13.5. The van der Waals surface area contributed by atoms with Crippen LogP contribution in [0.2, 0.25) is 0 Å². The Morgan fingerprint density at radius 2 is 2.18 bits per heavy atom. The molecule has 0 amide bonds. The summed E-state index contributed by atoms with van der Waals surface area (Å²) in [5.74, 6) is 1.03. The van der Waals surface area contributed by atoms with Gasteiger partial charge in [0.25, 0.3) is 0 Å². The van der Waals surface area contributed by atoms with Crippen molar-refractivity contribution < 1.29 is 4.74 Å². The lowest BCUT2D eigenvalue weighted by Crippen LogP contribution is -2.02. The van der Waals surface area contributed by atoms with Crippen molar-refractivity contribution in [3.63, 3.8) is 0 Å². The first kappa shape index (κ1) is 11.3. The van der Waals surface area contributed by atoms with Crippen molar-refractivity contribution in [2.45, 2.75) is 13.0 Å². The fraction of sp³-hybridized carbons (Fsp3) is 0.250. The minimum absolute atomic E-state index is 0.730. The minimum Gasteiger partial charge on any atom is -0.493 e. The van der Waals surface area contributed by atoms with Crippen LogP contribution in [0.1, 0.15) is 11.1 Å². The fourth-order valence-electron chi connectivity index (χ4n) is 2.06. The summed E-state index contributed by atoms with van der Waals surface area (Å²) >= 11 is 6.94. The molecule has 17 heavy (non-hydrogen) atoms. The molecule has 0 atom stereocenters. The average molecular weight is 358 g/mol. The zero-order valence-electron chi connectivity index (χ0n) is 8.99. The standard InChI is InChI=1S/C12H10Br2N2O/c13-10-3-8-1-2-17-12(8)9(4-10)6-16-7-11(14)5-15-16/h3-5,7H,1-2,6H2. The maximum atomic E-state index is 5.69. The molecule has 0 spiro atoms. The van der Waals surface area contributed by atoms with E-state index in [0.717, 1.165) is 34.3 Å². The van der Waals surface area contributed by atoms with E-state index in [-0.39, 0.29) is 0 Å². The summed E-state index contributed by atoms with van der Waals surface area (Å²) in [6.07, 6.45) is 4.74. The van der Waals surface area contributed by atoms with Gasteiger partial charge in [-0.3, -0.25) is 4.68 Å². The lowest BCUT2D eigenvalue weighted by atomic mass is 10.1. The molecule has 1 aliphatic heterocycles. The maximum Gasteiger partial charge on any atom is 0.127 e. The number of ether oxygens (including phenoxy) is 1. The Kier molecular flexibility index (Phi) is 2.96. The highest BCUT2D eigenvalue weighted by Crippen LogP contribution is 2.33. The van der Waals surface area contributed by atoms with Gasteiger partial charge < -0.3 is 4.74 Å². The van der Waals surface area contributed by atoms with Gasteiger partial charge in [0.05, 0.1) is 23.8 Å². The van der Waals surface area contributed by atoms with Crippen LogP contribution >= 0.6 is 31.9 Å². The van der Waals surface area contributed by atoms with Gasteiger partial charge in [0, 0.05) is 22.7 Å². The summed E-state index contributed by atoms with van der Waals surface area (Å²) in [4.78, 5) is 0. The Hall–Kier alpha value is -0.810. The molecule has 0 radical (unpaired) electrons. The highest BCUT2D eigenvalue weighted by Gasteiger charge is 2.17. The second kappa shape index (κ2) is 4.46. The van der Waals surface area contributed by atoms with Crippen molar-refractivity contribution in [3.8, 4) is 5.75 Å². The predicted molar refractivity (Wildman–Crippen MR) is 72.4 cm³/mol. The molecule has 3 rings (SSSR count). The molecule has 0 bridgehead atoms. The van der Waals surface area contributed by atoms with E-state index in [9.17, 15) is 0 Å². The predicted octanol–water partition coefficient (Wildman–Crippen LogP) is 3.39. The Bertz CT molecular complexity index is 566. The Morgan fingerprint density at radius 3 is 2.94 bits per heavy atom. The number of hydrogen-bond donors (Lipinski definition) is 0. The van der Waals surface area contributed by atoms with Gasteiger partial charge in [-0.2, -0.15) is 5.10 Å². The number of benzene rings is 1. The van der Waals surface area contributed by atoms with E-state index < -0.39 is 0 Å². The maximum absolute atomic E-state index is 5.69. The molecule has 0 N–H and O–H groups in total. The van der Waals surface area contributed by atoms with Crippen molar-refractivity contribution in [2.75, 3.05) is 6.61 Å². The number of hydrogen-bond acceptors (Lipinski definition) is 2. The van der Waals surface area contributed by atoms with Crippen molar-refractivity contribution in [1.82, 2.24) is 9.78 Å². The van der Waals surface area contributed by atoms with E-state index in [1.54, 1.807) is 6.20 Å². The largest absolute Gasteiger partial charge is 0.493 e. The molecule has 0 aliphatic carbocycles. The molecule has 0 unspecified atom stereocenters. The molecule has 0 fully saturated rings. The molecule has 1 aromatic heterocycles. The van der Waals surface area contributed by atoms with Gasteiger partial charge in [0.2, 0.25) is 0 Å². The third-order valence-electron chi connectivity index (χ3n) is 2.76. The van der Waals surface area contributed by atoms with Gasteiger partial charge in [0.1, 0.15) is 5.75 Å². The number of halogens is 2. The molecular weight excluding hydrogens is 348 g/mol. The van der Waals surface area contributed by atoms with Crippen LogP contribution in [0.25, 0.3) is 0 Å². The SMILES string of the molecule is Brc1cc2c(c(Cn3cc(Br)cn3)c1)OCC2. The summed E-state index contributed by atoms with van der Waals surface area (Å²) in [6.45, 7) is 1.51. The molecule has 0 saturated carbocycles. The van der Waals surface area contributed by atoms with Crippen LogP contribution in [0.3, 0.4) is 0 Å². The van der Waals surface area contributed by atoms with Crippen LogP contribution in [0, 0.1) is 0 Å². The first-order valence-electron chi connectivity index (χ1n) is 5.34. The minimum atomic E-state index is 0.730. The van der Waals surface area contributed by atoms with Gasteiger partial charge in [-0.25, -0.2) is 0 Å². The second-order valence-corrected chi connectivity index (χ2v) is 5.84. The van der Waals surface area contributed by atoms with Crippen LogP contribution in [0.15, 0.2) is 33.5 Å². The van der Waals surface area contributed by atoms with Gasteiger partial charge in [-0.15, -0.1) is 0 Å². The molecule has 3 nitrogen and oxygen atoms in total. The van der Waals surface area contributed by atoms with E-state index >= 15 is 0 Å². The number of rotatable bonds is 2. The third kappa shape index (κ3) is 2.26. The third-order valence-corrected chi connectivity index (χ3v) is 3.63. The monoisotopic (exact) mass is 356 g/mol. The Balaban J connectivity index is 1.98. The van der Waals surface area contributed by atoms with Crippen LogP contribution in [-0.4, -0.2) is 16.4 Å². The zero-order chi connectivity index (χ0) is 11.8. The van der Waals surface area contributed by atoms with Gasteiger partial charge in [0.15, 0.2) is 0 Å².